The van der Waals surface area contributed by atoms with E-state index in [0.717, 1.165) is 44.3 Å². The van der Waals surface area contributed by atoms with E-state index < -0.39 is 12.0 Å². The lowest BCUT2D eigenvalue weighted by atomic mass is 10.0. The maximum atomic E-state index is 11.4. The molecule has 1 heterocycles. The molecule has 0 bridgehead atoms. The van der Waals surface area contributed by atoms with Crippen molar-refractivity contribution < 1.29 is 14.3 Å². The summed E-state index contributed by atoms with van der Waals surface area (Å²) >= 11 is 1.59. The highest BCUT2D eigenvalue weighted by molar-refractivity contribution is 7.99. The summed E-state index contributed by atoms with van der Waals surface area (Å²) in [4.78, 5) is 15.3. The standard InChI is InChI=1S/C26H40N2O3S/c1-20(2)9-6-10-21(3)11-7-12-22(4)13-8-14-23(5)15-18-32-19-24(25(29)30)28-26-27-16-17-31-26/h9,11,13,15-17,24H,6-8,10,12,14,18-19H2,1-5H3,(H,27,28)(H,29,30). The highest BCUT2D eigenvalue weighted by atomic mass is 32.2. The Hall–Kier alpha value is -2.21. The SMILES string of the molecule is CC(C)=CCCC(C)=CCCC(C)=CCCC(C)=CCSCC(Nc1ncco1)C(=O)O. The van der Waals surface area contributed by atoms with Crippen LogP contribution in [0.4, 0.5) is 6.01 Å². The first-order valence-corrected chi connectivity index (χ1v) is 12.5. The van der Waals surface area contributed by atoms with Gasteiger partial charge in [0, 0.05) is 11.5 Å². The van der Waals surface area contributed by atoms with Crippen LogP contribution in [-0.4, -0.2) is 33.6 Å². The second-order valence-electron chi connectivity index (χ2n) is 8.46. The van der Waals surface area contributed by atoms with Gasteiger partial charge in [-0.3, -0.25) is 0 Å². The molecule has 1 aromatic heterocycles. The summed E-state index contributed by atoms with van der Waals surface area (Å²) in [5, 5.41) is 12.1. The van der Waals surface area contributed by atoms with E-state index in [0.29, 0.717) is 5.75 Å². The third kappa shape index (κ3) is 14.0. The van der Waals surface area contributed by atoms with Crippen molar-refractivity contribution in [3.8, 4) is 0 Å². The molecule has 0 saturated heterocycles. The molecule has 0 spiro atoms. The summed E-state index contributed by atoms with van der Waals surface area (Å²) in [6, 6.07) is -0.482. The zero-order valence-electron chi connectivity index (χ0n) is 20.3. The first-order valence-electron chi connectivity index (χ1n) is 11.3. The van der Waals surface area contributed by atoms with Crippen LogP contribution in [0.1, 0.15) is 73.1 Å². The second-order valence-corrected chi connectivity index (χ2v) is 9.53. The number of nitrogens with one attached hydrogen (secondary N) is 1. The van der Waals surface area contributed by atoms with Crippen molar-refractivity contribution >= 4 is 23.7 Å². The second kappa shape index (κ2) is 16.4. The largest absolute Gasteiger partial charge is 0.480 e. The molecule has 0 aliphatic heterocycles. The van der Waals surface area contributed by atoms with Crippen LogP contribution < -0.4 is 5.32 Å². The predicted octanol–water partition coefficient (Wildman–Crippen LogP) is 7.42. The van der Waals surface area contributed by atoms with Crippen molar-refractivity contribution in [2.45, 2.75) is 79.2 Å². The number of allylic oxidation sites excluding steroid dienone is 7. The van der Waals surface area contributed by atoms with Gasteiger partial charge < -0.3 is 14.8 Å². The van der Waals surface area contributed by atoms with Crippen LogP contribution in [0.3, 0.4) is 0 Å². The summed E-state index contributed by atoms with van der Waals surface area (Å²) in [5.74, 6) is 0.333. The first-order chi connectivity index (χ1) is 15.3. The Balaban J connectivity index is 2.24. The summed E-state index contributed by atoms with van der Waals surface area (Å²) in [7, 11) is 0. The smallest absolute Gasteiger partial charge is 0.327 e. The molecule has 178 valence electrons. The lowest BCUT2D eigenvalue weighted by Crippen LogP contribution is -2.31. The molecule has 1 rings (SSSR count). The van der Waals surface area contributed by atoms with Crippen molar-refractivity contribution in [2.75, 3.05) is 16.8 Å². The molecule has 0 aliphatic rings. The van der Waals surface area contributed by atoms with Gasteiger partial charge in [-0.25, -0.2) is 9.78 Å². The van der Waals surface area contributed by atoms with Gasteiger partial charge in [0.1, 0.15) is 12.3 Å². The van der Waals surface area contributed by atoms with Crippen LogP contribution in [0.5, 0.6) is 0 Å². The number of oxazole rings is 1. The van der Waals surface area contributed by atoms with Crippen LogP contribution in [0.15, 0.2) is 63.5 Å². The Labute approximate surface area is 198 Å². The quantitative estimate of drug-likeness (QED) is 0.197. The average Bonchev–Trinajstić information content (AvgIpc) is 3.23. The zero-order chi connectivity index (χ0) is 23.8. The minimum absolute atomic E-state index is 0.237. The van der Waals surface area contributed by atoms with Gasteiger partial charge in [-0.1, -0.05) is 46.6 Å². The summed E-state index contributed by atoms with van der Waals surface area (Å²) in [6.07, 6.45) is 18.7. The molecule has 2 N–H and O–H groups in total. The lowest BCUT2D eigenvalue weighted by Gasteiger charge is -2.11. The van der Waals surface area contributed by atoms with Gasteiger partial charge in [-0.15, -0.1) is 0 Å². The first kappa shape index (κ1) is 27.8. The van der Waals surface area contributed by atoms with Crippen molar-refractivity contribution in [3.05, 3.63) is 59.1 Å². The van der Waals surface area contributed by atoms with E-state index >= 15 is 0 Å². The number of aliphatic carboxylic acids is 1. The molecule has 6 heteroatoms. The van der Waals surface area contributed by atoms with Crippen molar-refractivity contribution in [1.82, 2.24) is 4.98 Å². The fourth-order valence-corrected chi connectivity index (χ4v) is 3.99. The van der Waals surface area contributed by atoms with E-state index in [4.69, 9.17) is 4.42 Å². The normalized spacial score (nSPS) is 13.7. The summed E-state index contributed by atoms with van der Waals surface area (Å²) in [5.41, 5.74) is 5.66. The number of carboxylic acid groups (broad SMARTS) is 1. The van der Waals surface area contributed by atoms with Gasteiger partial charge in [-0.05, 0) is 73.1 Å². The van der Waals surface area contributed by atoms with E-state index in [2.05, 4.69) is 69.2 Å². The van der Waals surface area contributed by atoms with E-state index in [-0.39, 0.29) is 6.01 Å². The molecule has 0 fully saturated rings. The number of nitrogens with zero attached hydrogens (tertiary/aromatic N) is 1. The number of rotatable bonds is 16. The number of aromatic nitrogens is 1. The molecule has 1 aromatic rings. The summed E-state index contributed by atoms with van der Waals surface area (Å²) < 4.78 is 5.06. The fraction of sp³-hybridized carbons (Fsp3) is 0.538. The molecule has 0 radical (unpaired) electrons. The average molecular weight is 461 g/mol. The van der Waals surface area contributed by atoms with Crippen LogP contribution in [0, 0.1) is 0 Å². The van der Waals surface area contributed by atoms with Crippen LogP contribution >= 0.6 is 11.8 Å². The minimum Gasteiger partial charge on any atom is -0.480 e. The van der Waals surface area contributed by atoms with E-state index in [9.17, 15) is 9.90 Å². The molecule has 5 nitrogen and oxygen atoms in total. The van der Waals surface area contributed by atoms with E-state index in [1.54, 1.807) is 11.8 Å². The maximum absolute atomic E-state index is 11.4. The molecular weight excluding hydrogens is 420 g/mol. The van der Waals surface area contributed by atoms with Crippen LogP contribution in [-0.2, 0) is 4.79 Å². The predicted molar refractivity (Wildman–Crippen MR) is 137 cm³/mol. The van der Waals surface area contributed by atoms with E-state index in [1.807, 2.05) is 0 Å². The Morgan fingerprint density at radius 2 is 1.56 bits per heavy atom. The number of thioether (sulfide) groups is 1. The third-order valence-electron chi connectivity index (χ3n) is 5.02. The molecule has 0 amide bonds. The molecule has 0 aliphatic carbocycles. The van der Waals surface area contributed by atoms with Crippen LogP contribution in [0.25, 0.3) is 0 Å². The molecule has 1 unspecified atom stereocenters. The van der Waals surface area contributed by atoms with Gasteiger partial charge in [0.15, 0.2) is 0 Å². The number of carboxylic acids is 1. The Morgan fingerprint density at radius 3 is 2.06 bits per heavy atom. The Kier molecular flexibility index (Phi) is 14.3. The van der Waals surface area contributed by atoms with Gasteiger partial charge >= 0.3 is 5.97 Å². The van der Waals surface area contributed by atoms with Gasteiger partial charge in [0.2, 0.25) is 0 Å². The third-order valence-corrected chi connectivity index (χ3v) is 5.99. The lowest BCUT2D eigenvalue weighted by molar-refractivity contribution is -0.137. The van der Waals surface area contributed by atoms with Crippen molar-refractivity contribution in [1.29, 1.82) is 0 Å². The summed E-state index contributed by atoms with van der Waals surface area (Å²) in [6.45, 7) is 10.9. The van der Waals surface area contributed by atoms with E-state index in [1.165, 1.54) is 34.8 Å². The molecular formula is C26H40N2O3S. The number of hydrogen-bond acceptors (Lipinski definition) is 5. The molecule has 1 atom stereocenters. The fourth-order valence-electron chi connectivity index (χ4n) is 2.99. The maximum Gasteiger partial charge on any atom is 0.327 e. The molecule has 32 heavy (non-hydrogen) atoms. The Morgan fingerprint density at radius 1 is 1.00 bits per heavy atom. The highest BCUT2D eigenvalue weighted by Crippen LogP contribution is 2.15. The molecule has 0 saturated carbocycles. The minimum atomic E-state index is -0.907. The number of hydrogen-bond donors (Lipinski definition) is 2. The van der Waals surface area contributed by atoms with Gasteiger partial charge in [0.05, 0.1) is 6.20 Å². The topological polar surface area (TPSA) is 75.4 Å². The monoisotopic (exact) mass is 460 g/mol. The van der Waals surface area contributed by atoms with Crippen molar-refractivity contribution in [3.63, 3.8) is 0 Å². The van der Waals surface area contributed by atoms with Crippen LogP contribution in [0.2, 0.25) is 0 Å². The molecule has 0 aromatic carbocycles. The van der Waals surface area contributed by atoms with Gasteiger partial charge in [0.25, 0.3) is 6.01 Å². The van der Waals surface area contributed by atoms with Gasteiger partial charge in [-0.2, -0.15) is 11.8 Å². The highest BCUT2D eigenvalue weighted by Gasteiger charge is 2.18. The zero-order valence-corrected chi connectivity index (χ0v) is 21.1. The Bertz CT molecular complexity index is 788. The number of anilines is 1. The van der Waals surface area contributed by atoms with Crippen molar-refractivity contribution in [2.24, 2.45) is 0 Å². The number of carbonyl (C=O) groups is 1.